The van der Waals surface area contributed by atoms with Gasteiger partial charge in [-0.05, 0) is 48.7 Å². The third-order valence-electron chi connectivity index (χ3n) is 4.77. The van der Waals surface area contributed by atoms with Crippen LogP contribution in [0, 0.1) is 11.7 Å². The molecule has 0 spiro atoms. The largest absolute Gasteiger partial charge is 0.352 e. The lowest BCUT2D eigenvalue weighted by atomic mass is 10.1. The Morgan fingerprint density at radius 1 is 1.11 bits per heavy atom. The number of benzene rings is 2. The smallest absolute Gasteiger partial charge is 0.251 e. The van der Waals surface area contributed by atoms with Gasteiger partial charge in [0.2, 0.25) is 5.91 Å². The predicted octanol–water partition coefficient (Wildman–Crippen LogP) is 2.70. The third kappa shape index (κ3) is 4.36. The maximum Gasteiger partial charge on any atom is 0.251 e. The van der Waals surface area contributed by atoms with Gasteiger partial charge in [0.15, 0.2) is 0 Å². The van der Waals surface area contributed by atoms with E-state index in [0.29, 0.717) is 41.9 Å². The molecule has 1 fully saturated rings. The number of carbonyl (C=O) groups is 2. The molecule has 6 nitrogen and oxygen atoms in total. The van der Waals surface area contributed by atoms with Gasteiger partial charge in [0.05, 0.1) is 11.0 Å². The quantitative estimate of drug-likeness (QED) is 0.589. The van der Waals surface area contributed by atoms with Gasteiger partial charge in [-0.25, -0.2) is 9.37 Å². The normalized spacial score (nSPS) is 13.5. The van der Waals surface area contributed by atoms with Gasteiger partial charge >= 0.3 is 0 Å². The minimum Gasteiger partial charge on any atom is -0.352 e. The highest BCUT2D eigenvalue weighted by molar-refractivity contribution is 5.94. The first-order valence-electron chi connectivity index (χ1n) is 9.37. The second kappa shape index (κ2) is 7.80. The van der Waals surface area contributed by atoms with Crippen molar-refractivity contribution >= 4 is 22.8 Å². The number of rotatable bonds is 7. The lowest BCUT2D eigenvalue weighted by Gasteiger charge is -2.07. The minimum atomic E-state index is -0.313. The SMILES string of the molecule is O=C(NCCc1nc2ccc(F)cc2[nH]1)c1ccc(CNC(=O)C2CC2)cc1. The van der Waals surface area contributed by atoms with Crippen molar-refractivity contribution in [3.63, 3.8) is 0 Å². The zero-order valence-electron chi connectivity index (χ0n) is 15.3. The van der Waals surface area contributed by atoms with Crippen LogP contribution >= 0.6 is 0 Å². The van der Waals surface area contributed by atoms with E-state index in [9.17, 15) is 14.0 Å². The second-order valence-electron chi connectivity index (χ2n) is 7.04. The van der Waals surface area contributed by atoms with Gasteiger partial charge in [0.25, 0.3) is 5.91 Å². The standard InChI is InChI=1S/C21H21FN4O2/c22-16-7-8-17-18(11-16)26-19(25-17)9-10-23-20(27)14-3-1-13(2-4-14)12-24-21(28)15-5-6-15/h1-4,7-8,11,15H,5-6,9-10,12H2,(H,23,27)(H,24,28)(H,25,26). The third-order valence-corrected chi connectivity index (χ3v) is 4.77. The van der Waals surface area contributed by atoms with Crippen LogP contribution in [0.2, 0.25) is 0 Å². The molecule has 1 heterocycles. The Balaban J connectivity index is 1.26. The summed E-state index contributed by atoms with van der Waals surface area (Å²) in [5.41, 5.74) is 2.86. The molecule has 0 radical (unpaired) electrons. The van der Waals surface area contributed by atoms with Crippen molar-refractivity contribution in [2.75, 3.05) is 6.54 Å². The number of aromatic amines is 1. The molecule has 0 saturated heterocycles. The van der Waals surface area contributed by atoms with Crippen LogP contribution in [0.1, 0.15) is 34.6 Å². The molecule has 0 bridgehead atoms. The first-order chi connectivity index (χ1) is 13.6. The highest BCUT2D eigenvalue weighted by atomic mass is 19.1. The lowest BCUT2D eigenvalue weighted by Crippen LogP contribution is -2.26. The van der Waals surface area contributed by atoms with Crippen molar-refractivity contribution in [2.24, 2.45) is 5.92 Å². The molecule has 1 saturated carbocycles. The summed E-state index contributed by atoms with van der Waals surface area (Å²) in [6.45, 7) is 0.893. The molecule has 0 aliphatic heterocycles. The summed E-state index contributed by atoms with van der Waals surface area (Å²) in [6.07, 6.45) is 2.49. The van der Waals surface area contributed by atoms with Gasteiger partial charge in [0, 0.05) is 31.0 Å². The number of carbonyl (C=O) groups excluding carboxylic acids is 2. The number of fused-ring (bicyclic) bond motifs is 1. The maximum absolute atomic E-state index is 13.2. The number of nitrogens with one attached hydrogen (secondary N) is 3. The molecule has 3 N–H and O–H groups in total. The van der Waals surface area contributed by atoms with Crippen molar-refractivity contribution in [3.05, 3.63) is 65.2 Å². The molecule has 1 aliphatic carbocycles. The maximum atomic E-state index is 13.2. The van der Waals surface area contributed by atoms with E-state index in [2.05, 4.69) is 20.6 Å². The summed E-state index contributed by atoms with van der Waals surface area (Å²) < 4.78 is 13.2. The Morgan fingerprint density at radius 2 is 1.89 bits per heavy atom. The first kappa shape index (κ1) is 18.2. The predicted molar refractivity (Wildman–Crippen MR) is 103 cm³/mol. The summed E-state index contributed by atoms with van der Waals surface area (Å²) in [5, 5.41) is 5.76. The second-order valence-corrected chi connectivity index (χ2v) is 7.04. The van der Waals surface area contributed by atoms with Crippen LogP contribution in [-0.4, -0.2) is 28.3 Å². The summed E-state index contributed by atoms with van der Waals surface area (Å²) in [4.78, 5) is 31.4. The van der Waals surface area contributed by atoms with Crippen molar-refractivity contribution < 1.29 is 14.0 Å². The molecule has 0 atom stereocenters. The van der Waals surface area contributed by atoms with Crippen LogP contribution in [0.3, 0.4) is 0 Å². The molecule has 1 aromatic heterocycles. The van der Waals surface area contributed by atoms with Crippen molar-refractivity contribution in [3.8, 4) is 0 Å². The number of imidazole rings is 1. The Bertz CT molecular complexity index is 1010. The molecule has 4 rings (SSSR count). The number of hydrogen-bond acceptors (Lipinski definition) is 3. The van der Waals surface area contributed by atoms with Gasteiger partial charge in [0.1, 0.15) is 11.6 Å². The van der Waals surface area contributed by atoms with Crippen molar-refractivity contribution in [2.45, 2.75) is 25.8 Å². The summed E-state index contributed by atoms with van der Waals surface area (Å²) in [6, 6.07) is 11.6. The number of hydrogen-bond donors (Lipinski definition) is 3. The van der Waals surface area contributed by atoms with E-state index >= 15 is 0 Å². The van der Waals surface area contributed by atoms with E-state index in [0.717, 1.165) is 18.4 Å². The van der Waals surface area contributed by atoms with Gasteiger partial charge in [-0.2, -0.15) is 0 Å². The fourth-order valence-electron chi connectivity index (χ4n) is 3.00. The lowest BCUT2D eigenvalue weighted by molar-refractivity contribution is -0.122. The van der Waals surface area contributed by atoms with E-state index < -0.39 is 0 Å². The highest BCUT2D eigenvalue weighted by Crippen LogP contribution is 2.28. The van der Waals surface area contributed by atoms with E-state index in [1.807, 2.05) is 12.1 Å². The summed E-state index contributed by atoms with van der Waals surface area (Å²) in [7, 11) is 0. The zero-order valence-corrected chi connectivity index (χ0v) is 15.3. The van der Waals surface area contributed by atoms with E-state index in [4.69, 9.17) is 0 Å². The number of amides is 2. The Hall–Kier alpha value is -3.22. The molecule has 28 heavy (non-hydrogen) atoms. The summed E-state index contributed by atoms with van der Waals surface area (Å²) >= 11 is 0. The molecule has 2 amide bonds. The molecular formula is C21H21FN4O2. The molecule has 1 aliphatic rings. The Labute approximate surface area is 161 Å². The average Bonchev–Trinajstić information content (AvgIpc) is 3.47. The van der Waals surface area contributed by atoms with Crippen molar-refractivity contribution in [1.82, 2.24) is 20.6 Å². The number of halogens is 1. The Kier molecular flexibility index (Phi) is 5.06. The molecule has 3 aromatic rings. The van der Waals surface area contributed by atoms with Crippen molar-refractivity contribution in [1.29, 1.82) is 0 Å². The monoisotopic (exact) mass is 380 g/mol. The number of nitrogens with zero attached hydrogens (tertiary/aromatic N) is 1. The van der Waals surface area contributed by atoms with Crippen LogP contribution in [0.25, 0.3) is 11.0 Å². The Morgan fingerprint density at radius 3 is 2.64 bits per heavy atom. The topological polar surface area (TPSA) is 86.9 Å². The van der Waals surface area contributed by atoms with Crippen LogP contribution in [0.4, 0.5) is 4.39 Å². The van der Waals surface area contributed by atoms with Crippen LogP contribution in [0.15, 0.2) is 42.5 Å². The van der Waals surface area contributed by atoms with Gasteiger partial charge in [-0.1, -0.05) is 12.1 Å². The van der Waals surface area contributed by atoms with E-state index in [1.54, 1.807) is 18.2 Å². The zero-order chi connectivity index (χ0) is 19.5. The fraction of sp³-hybridized carbons (Fsp3) is 0.286. The van der Waals surface area contributed by atoms with Gasteiger partial charge in [-0.3, -0.25) is 9.59 Å². The van der Waals surface area contributed by atoms with Gasteiger partial charge in [-0.15, -0.1) is 0 Å². The molecule has 2 aromatic carbocycles. The minimum absolute atomic E-state index is 0.107. The van der Waals surface area contributed by atoms with E-state index in [1.165, 1.54) is 12.1 Å². The van der Waals surface area contributed by atoms with Gasteiger partial charge < -0.3 is 15.6 Å². The molecule has 144 valence electrons. The molecule has 0 unspecified atom stereocenters. The van der Waals surface area contributed by atoms with Crippen LogP contribution in [0.5, 0.6) is 0 Å². The number of aromatic nitrogens is 2. The number of H-pyrrole nitrogens is 1. The molecule has 7 heteroatoms. The fourth-order valence-corrected chi connectivity index (χ4v) is 3.00. The van der Waals surface area contributed by atoms with Crippen LogP contribution < -0.4 is 10.6 Å². The first-order valence-corrected chi connectivity index (χ1v) is 9.37. The van der Waals surface area contributed by atoms with Crippen LogP contribution in [-0.2, 0) is 17.8 Å². The average molecular weight is 380 g/mol. The summed E-state index contributed by atoms with van der Waals surface area (Å²) in [5.74, 6) is 0.510. The molecular weight excluding hydrogens is 359 g/mol. The van der Waals surface area contributed by atoms with E-state index in [-0.39, 0.29) is 23.5 Å². The highest BCUT2D eigenvalue weighted by Gasteiger charge is 2.29.